The molecule has 0 spiro atoms. The molecule has 3 aromatic heterocycles. The number of hydrogen-bond acceptors (Lipinski definition) is 5. The summed E-state index contributed by atoms with van der Waals surface area (Å²) in [6.45, 7) is 0.302. The van der Waals surface area contributed by atoms with E-state index >= 15 is 0 Å². The normalized spacial score (nSPS) is 10.8. The smallest absolute Gasteiger partial charge is 0.295 e. The van der Waals surface area contributed by atoms with Gasteiger partial charge in [-0.2, -0.15) is 0 Å². The second kappa shape index (κ2) is 4.99. The van der Waals surface area contributed by atoms with Crippen molar-refractivity contribution in [1.29, 1.82) is 0 Å². The molecular formula is C12H8ClN3O2S. The summed E-state index contributed by atoms with van der Waals surface area (Å²) in [5.41, 5.74) is 0.791. The van der Waals surface area contributed by atoms with E-state index < -0.39 is 5.76 Å². The van der Waals surface area contributed by atoms with E-state index in [9.17, 15) is 4.79 Å². The molecular weight excluding hydrogens is 286 g/mol. The van der Waals surface area contributed by atoms with Crippen molar-refractivity contribution in [2.75, 3.05) is 0 Å². The van der Waals surface area contributed by atoms with Gasteiger partial charge in [0.1, 0.15) is 0 Å². The van der Waals surface area contributed by atoms with E-state index in [-0.39, 0.29) is 0 Å². The van der Waals surface area contributed by atoms with E-state index in [1.54, 1.807) is 18.5 Å². The van der Waals surface area contributed by atoms with E-state index in [0.717, 1.165) is 10.4 Å². The van der Waals surface area contributed by atoms with Crippen molar-refractivity contribution < 1.29 is 4.52 Å². The molecule has 0 aliphatic heterocycles. The van der Waals surface area contributed by atoms with Crippen LogP contribution in [-0.2, 0) is 6.54 Å². The van der Waals surface area contributed by atoms with Crippen molar-refractivity contribution in [2.24, 2.45) is 0 Å². The first-order chi connectivity index (χ1) is 9.25. The molecule has 0 fully saturated rings. The Bertz CT molecular complexity index is 748. The van der Waals surface area contributed by atoms with Crippen LogP contribution in [0.15, 0.2) is 45.3 Å². The van der Waals surface area contributed by atoms with E-state index in [1.165, 1.54) is 15.9 Å². The fraction of sp³-hybridized carbons (Fsp3) is 0.0833. The topological polar surface area (TPSA) is 60.9 Å². The highest BCUT2D eigenvalue weighted by atomic mass is 35.5. The summed E-state index contributed by atoms with van der Waals surface area (Å²) in [4.78, 5) is 16.5. The zero-order valence-corrected chi connectivity index (χ0v) is 11.2. The van der Waals surface area contributed by atoms with E-state index in [0.29, 0.717) is 17.4 Å². The molecule has 0 atom stereocenters. The third kappa shape index (κ3) is 2.32. The van der Waals surface area contributed by atoms with Gasteiger partial charge in [0.15, 0.2) is 5.82 Å². The summed E-state index contributed by atoms with van der Waals surface area (Å²) < 4.78 is 6.19. The Morgan fingerprint density at radius 3 is 3.05 bits per heavy atom. The Hall–Kier alpha value is -1.92. The maximum Gasteiger partial charge on any atom is 0.442 e. The fourth-order valence-electron chi connectivity index (χ4n) is 1.69. The molecule has 0 unspecified atom stereocenters. The van der Waals surface area contributed by atoms with E-state index in [2.05, 4.69) is 10.1 Å². The minimum absolute atomic E-state index is 0.302. The number of aromatic nitrogens is 3. The van der Waals surface area contributed by atoms with Crippen LogP contribution >= 0.6 is 22.9 Å². The van der Waals surface area contributed by atoms with Crippen LogP contribution in [0.25, 0.3) is 10.7 Å². The van der Waals surface area contributed by atoms with Crippen molar-refractivity contribution in [3.8, 4) is 10.7 Å². The summed E-state index contributed by atoms with van der Waals surface area (Å²) in [7, 11) is 0. The lowest BCUT2D eigenvalue weighted by molar-refractivity contribution is 0.378. The summed E-state index contributed by atoms with van der Waals surface area (Å²) >= 11 is 7.54. The maximum atomic E-state index is 11.7. The molecule has 0 saturated heterocycles. The molecule has 19 heavy (non-hydrogen) atoms. The quantitative estimate of drug-likeness (QED) is 0.745. The van der Waals surface area contributed by atoms with Crippen molar-refractivity contribution in [2.45, 2.75) is 6.54 Å². The lowest BCUT2D eigenvalue weighted by Crippen LogP contribution is -2.16. The van der Waals surface area contributed by atoms with Gasteiger partial charge in [-0.05, 0) is 23.1 Å². The van der Waals surface area contributed by atoms with Crippen LogP contribution in [0.3, 0.4) is 0 Å². The molecule has 96 valence electrons. The van der Waals surface area contributed by atoms with Crippen LogP contribution in [0.2, 0.25) is 5.02 Å². The molecule has 0 aromatic carbocycles. The first-order valence-electron chi connectivity index (χ1n) is 5.44. The highest BCUT2D eigenvalue weighted by molar-refractivity contribution is 7.13. The number of hydrogen-bond donors (Lipinski definition) is 0. The summed E-state index contributed by atoms with van der Waals surface area (Å²) in [6.07, 6.45) is 3.17. The van der Waals surface area contributed by atoms with E-state index in [4.69, 9.17) is 16.1 Å². The largest absolute Gasteiger partial charge is 0.442 e. The third-order valence-electron chi connectivity index (χ3n) is 2.61. The molecule has 0 amide bonds. The summed E-state index contributed by atoms with van der Waals surface area (Å²) in [6, 6.07) is 5.54. The van der Waals surface area contributed by atoms with Crippen molar-refractivity contribution >= 4 is 22.9 Å². The third-order valence-corrected chi connectivity index (χ3v) is 3.82. The number of nitrogens with zero attached hydrogens (tertiary/aromatic N) is 3. The Morgan fingerprint density at radius 1 is 1.42 bits per heavy atom. The molecule has 7 heteroatoms. The molecule has 3 rings (SSSR count). The molecule has 5 nitrogen and oxygen atoms in total. The van der Waals surface area contributed by atoms with Crippen molar-refractivity contribution in [3.63, 3.8) is 0 Å². The van der Waals surface area contributed by atoms with Crippen molar-refractivity contribution in [3.05, 3.63) is 57.1 Å². The van der Waals surface area contributed by atoms with Gasteiger partial charge < -0.3 is 0 Å². The predicted octanol–water partition coefficient (Wildman–Crippen LogP) is 2.66. The lowest BCUT2D eigenvalue weighted by atomic mass is 10.2. The van der Waals surface area contributed by atoms with Crippen LogP contribution in [0.4, 0.5) is 0 Å². The minimum Gasteiger partial charge on any atom is -0.295 e. The molecule has 0 aliphatic rings. The van der Waals surface area contributed by atoms with Gasteiger partial charge in [-0.1, -0.05) is 22.8 Å². The Kier molecular flexibility index (Phi) is 3.18. The molecule has 0 radical (unpaired) electrons. The Balaban J connectivity index is 2.05. The van der Waals surface area contributed by atoms with Crippen molar-refractivity contribution in [1.82, 2.24) is 14.7 Å². The number of rotatable bonds is 3. The standard InChI is InChI=1S/C12H8ClN3O2S/c13-9-6-14-4-3-8(9)7-16-11(15-18-12(16)17)10-2-1-5-19-10/h1-6H,7H2. The molecule has 0 saturated carbocycles. The fourth-order valence-corrected chi connectivity index (χ4v) is 2.59. The van der Waals surface area contributed by atoms with Gasteiger partial charge in [0.25, 0.3) is 0 Å². The first-order valence-corrected chi connectivity index (χ1v) is 6.70. The van der Waals surface area contributed by atoms with Gasteiger partial charge in [0, 0.05) is 12.4 Å². The summed E-state index contributed by atoms with van der Waals surface area (Å²) in [5.74, 6) is 0.00385. The maximum absolute atomic E-state index is 11.7. The van der Waals surface area contributed by atoms with Gasteiger partial charge in [-0.25, -0.2) is 4.79 Å². The van der Waals surface area contributed by atoms with Gasteiger partial charge in [-0.3, -0.25) is 14.1 Å². The molecule has 0 bridgehead atoms. The number of thiophene rings is 1. The van der Waals surface area contributed by atoms with E-state index in [1.807, 2.05) is 17.5 Å². The molecule has 0 aliphatic carbocycles. The lowest BCUT2D eigenvalue weighted by Gasteiger charge is -2.04. The average Bonchev–Trinajstić information content (AvgIpc) is 3.03. The first kappa shape index (κ1) is 12.1. The van der Waals surface area contributed by atoms with Crippen LogP contribution in [0.5, 0.6) is 0 Å². The van der Waals surface area contributed by atoms with Crippen LogP contribution in [0.1, 0.15) is 5.56 Å². The Morgan fingerprint density at radius 2 is 2.32 bits per heavy atom. The predicted molar refractivity (Wildman–Crippen MR) is 72.4 cm³/mol. The highest BCUT2D eigenvalue weighted by Gasteiger charge is 2.14. The summed E-state index contributed by atoms with van der Waals surface area (Å²) in [5, 5.41) is 6.23. The molecule has 0 N–H and O–H groups in total. The van der Waals surface area contributed by atoms with Crippen LogP contribution in [0, 0.1) is 0 Å². The molecule has 3 aromatic rings. The average molecular weight is 294 g/mol. The molecule has 3 heterocycles. The monoisotopic (exact) mass is 293 g/mol. The second-order valence-electron chi connectivity index (χ2n) is 3.80. The zero-order valence-electron chi connectivity index (χ0n) is 9.62. The number of pyridine rings is 1. The van der Waals surface area contributed by atoms with Gasteiger partial charge >= 0.3 is 5.76 Å². The SMILES string of the molecule is O=c1onc(-c2cccs2)n1Cc1ccncc1Cl. The van der Waals surface area contributed by atoms with Gasteiger partial charge in [0.05, 0.1) is 16.4 Å². The van der Waals surface area contributed by atoms with Gasteiger partial charge in [-0.15, -0.1) is 11.3 Å². The van der Waals surface area contributed by atoms with Crippen LogP contribution < -0.4 is 5.76 Å². The second-order valence-corrected chi connectivity index (χ2v) is 5.16. The Labute approximate surface area is 117 Å². The van der Waals surface area contributed by atoms with Crippen LogP contribution in [-0.4, -0.2) is 14.7 Å². The van der Waals surface area contributed by atoms with Gasteiger partial charge in [0.2, 0.25) is 0 Å². The zero-order chi connectivity index (χ0) is 13.2. The minimum atomic E-state index is -0.503. The highest BCUT2D eigenvalue weighted by Crippen LogP contribution is 2.23. The number of halogens is 1.